The number of rotatable bonds is 2. The Bertz CT molecular complexity index is 469. The number of aryl methyl sites for hydroxylation is 1. The zero-order chi connectivity index (χ0) is 11.5. The summed E-state index contributed by atoms with van der Waals surface area (Å²) in [7, 11) is 0. The third-order valence-electron chi connectivity index (χ3n) is 2.77. The molecule has 2 aromatic rings. The van der Waals surface area contributed by atoms with Gasteiger partial charge in [0, 0.05) is 0 Å². The lowest BCUT2D eigenvalue weighted by Gasteiger charge is -2.12. The van der Waals surface area contributed by atoms with Crippen molar-refractivity contribution >= 4 is 0 Å². The molecule has 0 heterocycles. The highest BCUT2D eigenvalue weighted by Crippen LogP contribution is 2.28. The number of aliphatic hydroxyl groups excluding tert-OH is 1. The van der Waals surface area contributed by atoms with Gasteiger partial charge in [-0.05, 0) is 30.5 Å². The van der Waals surface area contributed by atoms with Gasteiger partial charge in [0.1, 0.15) is 0 Å². The zero-order valence-corrected chi connectivity index (χ0v) is 9.64. The Morgan fingerprint density at radius 2 is 1.56 bits per heavy atom. The normalized spacial score (nSPS) is 12.4. The van der Waals surface area contributed by atoms with Gasteiger partial charge in [-0.3, -0.25) is 0 Å². The SMILES string of the molecule is Cc1ccc(-c2ccccc2[C@H](C)O)cc1. The van der Waals surface area contributed by atoms with Gasteiger partial charge >= 0.3 is 0 Å². The molecular weight excluding hydrogens is 196 g/mol. The maximum atomic E-state index is 9.72. The predicted molar refractivity (Wildman–Crippen MR) is 67.2 cm³/mol. The molecule has 1 atom stereocenters. The van der Waals surface area contributed by atoms with Crippen LogP contribution in [0.3, 0.4) is 0 Å². The molecule has 0 amide bonds. The highest BCUT2D eigenvalue weighted by molar-refractivity contribution is 5.67. The summed E-state index contributed by atoms with van der Waals surface area (Å²) in [4.78, 5) is 0. The highest BCUT2D eigenvalue weighted by Gasteiger charge is 2.08. The predicted octanol–water partition coefficient (Wildman–Crippen LogP) is 3.72. The van der Waals surface area contributed by atoms with E-state index in [-0.39, 0.29) is 0 Å². The van der Waals surface area contributed by atoms with E-state index in [0.29, 0.717) is 0 Å². The van der Waals surface area contributed by atoms with Crippen LogP contribution < -0.4 is 0 Å². The first-order chi connectivity index (χ1) is 7.68. The van der Waals surface area contributed by atoms with Crippen LogP contribution >= 0.6 is 0 Å². The van der Waals surface area contributed by atoms with Gasteiger partial charge < -0.3 is 5.11 Å². The minimum Gasteiger partial charge on any atom is -0.389 e. The Morgan fingerprint density at radius 1 is 0.938 bits per heavy atom. The number of aliphatic hydroxyl groups is 1. The summed E-state index contributed by atoms with van der Waals surface area (Å²) in [5.74, 6) is 0. The van der Waals surface area contributed by atoms with Crippen LogP contribution in [0.5, 0.6) is 0 Å². The molecule has 0 aliphatic carbocycles. The lowest BCUT2D eigenvalue weighted by Crippen LogP contribution is -1.94. The molecule has 0 spiro atoms. The fraction of sp³-hybridized carbons (Fsp3) is 0.200. The van der Waals surface area contributed by atoms with Crippen molar-refractivity contribution in [3.8, 4) is 11.1 Å². The molecule has 82 valence electrons. The van der Waals surface area contributed by atoms with Crippen LogP contribution in [0.15, 0.2) is 48.5 Å². The van der Waals surface area contributed by atoms with E-state index in [4.69, 9.17) is 0 Å². The Hall–Kier alpha value is -1.60. The summed E-state index contributed by atoms with van der Waals surface area (Å²) < 4.78 is 0. The van der Waals surface area contributed by atoms with E-state index in [1.54, 1.807) is 6.92 Å². The summed E-state index contributed by atoms with van der Waals surface area (Å²) >= 11 is 0. The van der Waals surface area contributed by atoms with E-state index in [1.165, 1.54) is 5.56 Å². The summed E-state index contributed by atoms with van der Waals surface area (Å²) in [6.07, 6.45) is -0.433. The fourth-order valence-corrected chi connectivity index (χ4v) is 1.86. The largest absolute Gasteiger partial charge is 0.389 e. The molecule has 2 rings (SSSR count). The second-order valence-corrected chi connectivity index (χ2v) is 4.13. The molecule has 1 nitrogen and oxygen atoms in total. The highest BCUT2D eigenvalue weighted by atomic mass is 16.3. The van der Waals surface area contributed by atoms with Crippen LogP contribution in [0.25, 0.3) is 11.1 Å². The van der Waals surface area contributed by atoms with Crippen molar-refractivity contribution in [3.63, 3.8) is 0 Å². The van der Waals surface area contributed by atoms with E-state index in [2.05, 4.69) is 31.2 Å². The van der Waals surface area contributed by atoms with Crippen LogP contribution in [-0.2, 0) is 0 Å². The molecular formula is C15H16O. The van der Waals surface area contributed by atoms with Crippen molar-refractivity contribution in [1.82, 2.24) is 0 Å². The first-order valence-electron chi connectivity index (χ1n) is 5.52. The third-order valence-corrected chi connectivity index (χ3v) is 2.77. The standard InChI is InChI=1S/C15H16O/c1-11-7-9-13(10-8-11)15-6-4-3-5-14(15)12(2)16/h3-10,12,16H,1-2H3/t12-/m0/s1. The Balaban J connectivity index is 2.51. The van der Waals surface area contributed by atoms with Crippen LogP contribution in [0.4, 0.5) is 0 Å². The average molecular weight is 212 g/mol. The van der Waals surface area contributed by atoms with Crippen molar-refractivity contribution in [2.75, 3.05) is 0 Å². The second kappa shape index (κ2) is 4.50. The second-order valence-electron chi connectivity index (χ2n) is 4.13. The Morgan fingerprint density at radius 3 is 2.19 bits per heavy atom. The van der Waals surface area contributed by atoms with Crippen molar-refractivity contribution in [3.05, 3.63) is 59.7 Å². The van der Waals surface area contributed by atoms with Crippen molar-refractivity contribution in [1.29, 1.82) is 0 Å². The van der Waals surface area contributed by atoms with Gasteiger partial charge in [0.25, 0.3) is 0 Å². The van der Waals surface area contributed by atoms with Gasteiger partial charge in [0.05, 0.1) is 6.10 Å². The number of hydrogen-bond donors (Lipinski definition) is 1. The van der Waals surface area contributed by atoms with Gasteiger partial charge in [-0.15, -0.1) is 0 Å². The molecule has 1 N–H and O–H groups in total. The number of benzene rings is 2. The first-order valence-corrected chi connectivity index (χ1v) is 5.52. The molecule has 0 saturated heterocycles. The maximum absolute atomic E-state index is 9.72. The molecule has 0 bridgehead atoms. The monoisotopic (exact) mass is 212 g/mol. The summed E-state index contributed by atoms with van der Waals surface area (Å²) in [5, 5.41) is 9.72. The molecule has 0 unspecified atom stereocenters. The molecule has 0 fully saturated rings. The van der Waals surface area contributed by atoms with Crippen LogP contribution in [0.1, 0.15) is 24.2 Å². The quantitative estimate of drug-likeness (QED) is 0.804. The minimum absolute atomic E-state index is 0.433. The van der Waals surface area contributed by atoms with Crippen LogP contribution in [0, 0.1) is 6.92 Å². The molecule has 0 saturated carbocycles. The first kappa shape index (κ1) is 10.9. The summed E-state index contributed by atoms with van der Waals surface area (Å²) in [6, 6.07) is 16.3. The maximum Gasteiger partial charge on any atom is 0.0767 e. The van der Waals surface area contributed by atoms with E-state index in [9.17, 15) is 5.11 Å². The smallest absolute Gasteiger partial charge is 0.0767 e. The molecule has 16 heavy (non-hydrogen) atoms. The van der Waals surface area contributed by atoms with E-state index in [0.717, 1.165) is 16.7 Å². The lowest BCUT2D eigenvalue weighted by molar-refractivity contribution is 0.200. The third kappa shape index (κ3) is 2.15. The molecule has 1 heteroatoms. The van der Waals surface area contributed by atoms with Crippen molar-refractivity contribution in [2.45, 2.75) is 20.0 Å². The van der Waals surface area contributed by atoms with Crippen molar-refractivity contribution < 1.29 is 5.11 Å². The average Bonchev–Trinajstić information content (AvgIpc) is 2.30. The van der Waals surface area contributed by atoms with Crippen molar-refractivity contribution in [2.24, 2.45) is 0 Å². The minimum atomic E-state index is -0.433. The fourth-order valence-electron chi connectivity index (χ4n) is 1.86. The summed E-state index contributed by atoms with van der Waals surface area (Å²) in [5.41, 5.74) is 4.49. The van der Waals surface area contributed by atoms with Gasteiger partial charge in [-0.1, -0.05) is 54.1 Å². The molecule has 0 aromatic heterocycles. The molecule has 0 radical (unpaired) electrons. The van der Waals surface area contributed by atoms with E-state index < -0.39 is 6.10 Å². The number of hydrogen-bond acceptors (Lipinski definition) is 1. The van der Waals surface area contributed by atoms with Crippen LogP contribution in [0.2, 0.25) is 0 Å². The Labute approximate surface area is 96.4 Å². The van der Waals surface area contributed by atoms with Gasteiger partial charge in [-0.25, -0.2) is 0 Å². The summed E-state index contributed by atoms with van der Waals surface area (Å²) in [6.45, 7) is 3.87. The zero-order valence-electron chi connectivity index (χ0n) is 9.64. The van der Waals surface area contributed by atoms with Gasteiger partial charge in [-0.2, -0.15) is 0 Å². The molecule has 0 aliphatic rings. The van der Waals surface area contributed by atoms with Gasteiger partial charge in [0.2, 0.25) is 0 Å². The van der Waals surface area contributed by atoms with Gasteiger partial charge in [0.15, 0.2) is 0 Å². The Kier molecular flexibility index (Phi) is 3.07. The van der Waals surface area contributed by atoms with E-state index >= 15 is 0 Å². The molecule has 2 aromatic carbocycles. The molecule has 0 aliphatic heterocycles. The van der Waals surface area contributed by atoms with E-state index in [1.807, 2.05) is 24.3 Å². The topological polar surface area (TPSA) is 20.2 Å². The van der Waals surface area contributed by atoms with Crippen LogP contribution in [-0.4, -0.2) is 5.11 Å². The lowest BCUT2D eigenvalue weighted by atomic mass is 9.96.